The van der Waals surface area contributed by atoms with Crippen LogP contribution >= 0.6 is 11.3 Å². The predicted octanol–water partition coefficient (Wildman–Crippen LogP) is -0.881. The lowest BCUT2D eigenvalue weighted by Crippen LogP contribution is -2.52. The standard InChI is InChI=1S/C13H20N4O3S/c18-8-7-16-3-5-17(6-4-16)10-12(19)14-15-13(20)11-2-1-9-21-11/h1-2,9,18H,3-8,10H2,(H,14,19)(H,15,20). The van der Waals surface area contributed by atoms with Crippen molar-refractivity contribution in [3.8, 4) is 0 Å². The number of thiophene rings is 1. The number of rotatable bonds is 5. The summed E-state index contributed by atoms with van der Waals surface area (Å²) in [5.41, 5.74) is 4.83. The molecule has 116 valence electrons. The topological polar surface area (TPSA) is 84.9 Å². The molecule has 0 aromatic carbocycles. The predicted molar refractivity (Wildman–Crippen MR) is 79.9 cm³/mol. The Morgan fingerprint density at radius 1 is 1.19 bits per heavy atom. The van der Waals surface area contributed by atoms with Crippen LogP contribution in [0.3, 0.4) is 0 Å². The van der Waals surface area contributed by atoms with Gasteiger partial charge in [-0.3, -0.25) is 30.2 Å². The number of hydrogen-bond donors (Lipinski definition) is 3. The molecule has 2 heterocycles. The normalized spacial score (nSPS) is 16.6. The highest BCUT2D eigenvalue weighted by Gasteiger charge is 2.18. The van der Waals surface area contributed by atoms with Crippen LogP contribution in [0.5, 0.6) is 0 Å². The summed E-state index contributed by atoms with van der Waals surface area (Å²) in [5, 5.41) is 10.7. The van der Waals surface area contributed by atoms with Crippen LogP contribution in [0.4, 0.5) is 0 Å². The van der Waals surface area contributed by atoms with Crippen molar-refractivity contribution in [2.24, 2.45) is 0 Å². The molecule has 0 radical (unpaired) electrons. The summed E-state index contributed by atoms with van der Waals surface area (Å²) in [6, 6.07) is 3.49. The summed E-state index contributed by atoms with van der Waals surface area (Å²) in [6.45, 7) is 4.35. The average Bonchev–Trinajstić information content (AvgIpc) is 3.01. The number of hydrogen-bond acceptors (Lipinski definition) is 6. The molecular weight excluding hydrogens is 292 g/mol. The number of amides is 2. The third-order valence-electron chi connectivity index (χ3n) is 3.31. The van der Waals surface area contributed by atoms with Gasteiger partial charge in [0.2, 0.25) is 0 Å². The average molecular weight is 312 g/mol. The highest BCUT2D eigenvalue weighted by atomic mass is 32.1. The van der Waals surface area contributed by atoms with Crippen molar-refractivity contribution in [3.05, 3.63) is 22.4 Å². The van der Waals surface area contributed by atoms with Crippen LogP contribution in [0.15, 0.2) is 17.5 Å². The van der Waals surface area contributed by atoms with Crippen LogP contribution in [0.2, 0.25) is 0 Å². The zero-order valence-corrected chi connectivity index (χ0v) is 12.6. The van der Waals surface area contributed by atoms with Crippen molar-refractivity contribution in [2.75, 3.05) is 45.9 Å². The van der Waals surface area contributed by atoms with E-state index >= 15 is 0 Å². The molecule has 0 saturated carbocycles. The van der Waals surface area contributed by atoms with Gasteiger partial charge in [0.1, 0.15) is 0 Å². The fraction of sp³-hybridized carbons (Fsp3) is 0.538. The first kappa shape index (κ1) is 15.9. The Hall–Kier alpha value is -1.48. The second-order valence-electron chi connectivity index (χ2n) is 4.82. The first-order chi connectivity index (χ1) is 10.2. The van der Waals surface area contributed by atoms with Gasteiger partial charge in [0, 0.05) is 32.7 Å². The van der Waals surface area contributed by atoms with Crippen molar-refractivity contribution in [1.82, 2.24) is 20.7 Å². The van der Waals surface area contributed by atoms with Crippen LogP contribution in [0.1, 0.15) is 9.67 Å². The number of carbonyl (C=O) groups is 2. The summed E-state index contributed by atoms with van der Waals surface area (Å²) < 4.78 is 0. The molecule has 1 aromatic rings. The molecule has 21 heavy (non-hydrogen) atoms. The molecule has 0 unspecified atom stereocenters. The minimum Gasteiger partial charge on any atom is -0.395 e. The van der Waals surface area contributed by atoms with Crippen LogP contribution in [-0.4, -0.2) is 72.6 Å². The molecule has 2 amide bonds. The molecule has 8 heteroatoms. The molecule has 7 nitrogen and oxygen atoms in total. The van der Waals surface area contributed by atoms with Crippen molar-refractivity contribution >= 4 is 23.2 Å². The van der Waals surface area contributed by atoms with Gasteiger partial charge < -0.3 is 5.11 Å². The van der Waals surface area contributed by atoms with Crippen LogP contribution < -0.4 is 10.9 Å². The summed E-state index contributed by atoms with van der Waals surface area (Å²) >= 11 is 1.32. The summed E-state index contributed by atoms with van der Waals surface area (Å²) in [4.78, 5) is 28.2. The van der Waals surface area contributed by atoms with E-state index < -0.39 is 0 Å². The Labute approximate surface area is 127 Å². The van der Waals surface area contributed by atoms with Gasteiger partial charge in [-0.2, -0.15) is 0 Å². The minimum atomic E-state index is -0.300. The van der Waals surface area contributed by atoms with Crippen LogP contribution in [-0.2, 0) is 4.79 Å². The lowest BCUT2D eigenvalue weighted by molar-refractivity contribution is -0.123. The van der Waals surface area contributed by atoms with E-state index in [1.165, 1.54) is 11.3 Å². The number of β-amino-alcohol motifs (C(OH)–C–C–N with tert-alkyl or cyclic N) is 1. The largest absolute Gasteiger partial charge is 0.395 e. The molecule has 0 atom stereocenters. The van der Waals surface area contributed by atoms with E-state index in [2.05, 4.69) is 15.8 Å². The van der Waals surface area contributed by atoms with Crippen LogP contribution in [0, 0.1) is 0 Å². The zero-order chi connectivity index (χ0) is 15.1. The maximum absolute atomic E-state index is 11.8. The maximum atomic E-state index is 11.8. The maximum Gasteiger partial charge on any atom is 0.279 e. The number of aliphatic hydroxyl groups is 1. The van der Waals surface area contributed by atoms with E-state index in [-0.39, 0.29) is 25.0 Å². The summed E-state index contributed by atoms with van der Waals surface area (Å²) in [7, 11) is 0. The molecule has 1 aliphatic heterocycles. The quantitative estimate of drug-likeness (QED) is 0.615. The van der Waals surface area contributed by atoms with Gasteiger partial charge in [-0.1, -0.05) is 6.07 Å². The Morgan fingerprint density at radius 2 is 1.90 bits per heavy atom. The molecule has 1 saturated heterocycles. The highest BCUT2D eigenvalue weighted by Crippen LogP contribution is 2.07. The number of aliphatic hydroxyl groups excluding tert-OH is 1. The molecule has 3 N–H and O–H groups in total. The third-order valence-corrected chi connectivity index (χ3v) is 4.18. The first-order valence-electron chi connectivity index (χ1n) is 6.87. The van der Waals surface area contributed by atoms with E-state index in [1.54, 1.807) is 12.1 Å². The molecule has 1 aromatic heterocycles. The van der Waals surface area contributed by atoms with Crippen molar-refractivity contribution < 1.29 is 14.7 Å². The number of hydrazine groups is 1. The van der Waals surface area contributed by atoms with Gasteiger partial charge in [0.15, 0.2) is 0 Å². The Morgan fingerprint density at radius 3 is 2.52 bits per heavy atom. The number of nitrogens with zero attached hydrogens (tertiary/aromatic N) is 2. The second-order valence-corrected chi connectivity index (χ2v) is 5.77. The monoisotopic (exact) mass is 312 g/mol. The van der Waals surface area contributed by atoms with Gasteiger partial charge in [0.05, 0.1) is 18.0 Å². The van der Waals surface area contributed by atoms with Crippen LogP contribution in [0.25, 0.3) is 0 Å². The Balaban J connectivity index is 1.65. The van der Waals surface area contributed by atoms with E-state index in [9.17, 15) is 9.59 Å². The lowest BCUT2D eigenvalue weighted by atomic mass is 10.3. The van der Waals surface area contributed by atoms with Gasteiger partial charge >= 0.3 is 0 Å². The summed E-state index contributed by atoms with van der Waals surface area (Å²) in [6.07, 6.45) is 0. The number of nitrogens with one attached hydrogen (secondary N) is 2. The smallest absolute Gasteiger partial charge is 0.279 e. The zero-order valence-electron chi connectivity index (χ0n) is 11.7. The van der Waals surface area contributed by atoms with Crippen molar-refractivity contribution in [3.63, 3.8) is 0 Å². The molecule has 2 rings (SSSR count). The molecule has 0 bridgehead atoms. The second kappa shape index (κ2) is 8.08. The molecule has 1 fully saturated rings. The van der Waals surface area contributed by atoms with E-state index in [0.29, 0.717) is 11.4 Å². The minimum absolute atomic E-state index is 0.162. The SMILES string of the molecule is O=C(CN1CCN(CCO)CC1)NNC(=O)c1cccs1. The summed E-state index contributed by atoms with van der Waals surface area (Å²) in [5.74, 6) is -0.526. The van der Waals surface area contributed by atoms with Crippen molar-refractivity contribution in [2.45, 2.75) is 0 Å². The van der Waals surface area contributed by atoms with Gasteiger partial charge in [-0.15, -0.1) is 11.3 Å². The lowest BCUT2D eigenvalue weighted by Gasteiger charge is -2.33. The fourth-order valence-corrected chi connectivity index (χ4v) is 2.77. The van der Waals surface area contributed by atoms with Gasteiger partial charge in [-0.05, 0) is 11.4 Å². The fourth-order valence-electron chi connectivity index (χ4n) is 2.15. The number of piperazine rings is 1. The van der Waals surface area contributed by atoms with Crippen molar-refractivity contribution in [1.29, 1.82) is 0 Å². The van der Waals surface area contributed by atoms with E-state index in [4.69, 9.17) is 5.11 Å². The molecule has 0 spiro atoms. The Kier molecular flexibility index (Phi) is 6.12. The molecular formula is C13H20N4O3S. The Bertz CT molecular complexity index is 458. The molecule has 0 aliphatic carbocycles. The van der Waals surface area contributed by atoms with E-state index in [0.717, 1.165) is 26.2 Å². The first-order valence-corrected chi connectivity index (χ1v) is 7.75. The third kappa shape index (κ3) is 5.09. The highest BCUT2D eigenvalue weighted by molar-refractivity contribution is 7.12. The number of carbonyl (C=O) groups excluding carboxylic acids is 2. The van der Waals surface area contributed by atoms with E-state index in [1.807, 2.05) is 10.3 Å². The molecule has 1 aliphatic rings. The van der Waals surface area contributed by atoms with Gasteiger partial charge in [-0.25, -0.2) is 0 Å². The van der Waals surface area contributed by atoms with Gasteiger partial charge in [0.25, 0.3) is 11.8 Å².